The predicted octanol–water partition coefficient (Wildman–Crippen LogP) is 0.612. The first-order valence-electron chi connectivity index (χ1n) is 5.35. The van der Waals surface area contributed by atoms with Gasteiger partial charge in [-0.3, -0.25) is 0 Å². The molecule has 0 spiro atoms. The third-order valence-corrected chi connectivity index (χ3v) is 0.671. The number of urea groups is 1. The van der Waals surface area contributed by atoms with Crippen LogP contribution in [0.4, 0.5) is 4.79 Å². The topological polar surface area (TPSA) is 130 Å². The predicted molar refractivity (Wildman–Crippen MR) is 73.1 cm³/mol. The van der Waals surface area contributed by atoms with Crippen LogP contribution in [-0.4, -0.2) is 41.2 Å². The Labute approximate surface area is 110 Å². The van der Waals surface area contributed by atoms with Crippen molar-refractivity contribution >= 4 is 18.4 Å². The number of nitrogens with two attached hydrogens (primary N) is 2. The minimum atomic E-state index is -0.833. The number of carbonyl (C=O) groups is 1. The van der Waals surface area contributed by atoms with Crippen molar-refractivity contribution in [1.29, 1.82) is 0 Å². The van der Waals surface area contributed by atoms with Gasteiger partial charge >= 0.3 is 6.03 Å². The summed E-state index contributed by atoms with van der Waals surface area (Å²) in [7, 11) is 0. The average molecular weight is 277 g/mol. The van der Waals surface area contributed by atoms with Crippen LogP contribution in [0.2, 0.25) is 0 Å². The van der Waals surface area contributed by atoms with Gasteiger partial charge in [-0.25, -0.2) is 4.79 Å². The van der Waals surface area contributed by atoms with E-state index < -0.39 is 6.03 Å². The van der Waals surface area contributed by atoms with E-state index in [4.69, 9.17) is 20.1 Å². The number of amides is 2. The molecule has 0 aromatic heterocycles. The Kier molecular flexibility index (Phi) is 79.6. The summed E-state index contributed by atoms with van der Waals surface area (Å²) in [6, 6.07) is -0.833. The lowest BCUT2D eigenvalue weighted by Crippen LogP contribution is -2.18. The fraction of sp³-hybridized carbons (Fsp3) is 0.900. The van der Waals surface area contributed by atoms with Gasteiger partial charge < -0.3 is 26.8 Å². The summed E-state index contributed by atoms with van der Waals surface area (Å²) in [6.45, 7) is 6.75. The van der Waals surface area contributed by atoms with E-state index in [-0.39, 0.29) is 12.4 Å². The molecule has 17 heavy (non-hydrogen) atoms. The van der Waals surface area contributed by atoms with Crippen molar-refractivity contribution in [2.24, 2.45) is 11.5 Å². The highest BCUT2D eigenvalue weighted by molar-refractivity contribution is 5.85. The van der Waals surface area contributed by atoms with E-state index in [1.165, 1.54) is 0 Å². The van der Waals surface area contributed by atoms with Gasteiger partial charge in [0.2, 0.25) is 0 Å². The van der Waals surface area contributed by atoms with Gasteiger partial charge in [0, 0.05) is 19.8 Å². The summed E-state index contributed by atoms with van der Waals surface area (Å²) >= 11 is 0. The first-order valence-corrected chi connectivity index (χ1v) is 5.35. The molecule has 0 saturated heterocycles. The van der Waals surface area contributed by atoms with E-state index in [2.05, 4.69) is 11.5 Å². The number of aliphatic hydroxyl groups is 3. The van der Waals surface area contributed by atoms with Gasteiger partial charge in [-0.15, -0.1) is 12.4 Å². The molecular formula is C10H29ClN2O4. The average Bonchev–Trinajstić information content (AvgIpc) is 2.28. The maximum atomic E-state index is 9.00. The number of hydrogen-bond acceptors (Lipinski definition) is 4. The maximum absolute atomic E-state index is 9.00. The Bertz CT molecular complexity index is 88.8. The molecule has 0 aliphatic heterocycles. The molecule has 0 aliphatic rings. The Morgan fingerprint density at radius 3 is 0.882 bits per heavy atom. The Balaban J connectivity index is -0.0000000369. The van der Waals surface area contributed by atoms with Crippen molar-refractivity contribution < 1.29 is 20.1 Å². The van der Waals surface area contributed by atoms with E-state index >= 15 is 0 Å². The molecule has 7 heteroatoms. The molecule has 0 aromatic carbocycles. The van der Waals surface area contributed by atoms with E-state index in [1.807, 2.05) is 20.8 Å². The van der Waals surface area contributed by atoms with Gasteiger partial charge in [-0.2, -0.15) is 0 Å². The zero-order valence-corrected chi connectivity index (χ0v) is 11.9. The van der Waals surface area contributed by atoms with E-state index in [0.717, 1.165) is 19.3 Å². The molecule has 0 atom stereocenters. The van der Waals surface area contributed by atoms with Crippen molar-refractivity contribution in [2.45, 2.75) is 40.0 Å². The van der Waals surface area contributed by atoms with Crippen LogP contribution in [0.5, 0.6) is 0 Å². The van der Waals surface area contributed by atoms with Crippen LogP contribution in [0.1, 0.15) is 40.0 Å². The van der Waals surface area contributed by atoms with Crippen LogP contribution in [0.15, 0.2) is 0 Å². The van der Waals surface area contributed by atoms with Crippen LogP contribution in [0, 0.1) is 0 Å². The smallest absolute Gasteiger partial charge is 0.309 e. The molecule has 2 amide bonds. The van der Waals surface area contributed by atoms with Crippen LogP contribution in [0.25, 0.3) is 0 Å². The van der Waals surface area contributed by atoms with Gasteiger partial charge in [0.25, 0.3) is 0 Å². The summed E-state index contributed by atoms with van der Waals surface area (Å²) < 4.78 is 0. The Hall–Kier alpha value is -0.560. The first-order chi connectivity index (χ1) is 7.47. The summed E-state index contributed by atoms with van der Waals surface area (Å²) in [5.41, 5.74) is 8.50. The molecule has 0 aromatic rings. The molecule has 0 rings (SSSR count). The van der Waals surface area contributed by atoms with Crippen LogP contribution in [-0.2, 0) is 0 Å². The molecule has 6 nitrogen and oxygen atoms in total. The van der Waals surface area contributed by atoms with Crippen LogP contribution < -0.4 is 11.5 Å². The Morgan fingerprint density at radius 2 is 0.882 bits per heavy atom. The van der Waals surface area contributed by atoms with Crippen LogP contribution in [0.3, 0.4) is 0 Å². The van der Waals surface area contributed by atoms with Gasteiger partial charge in [0.05, 0.1) is 0 Å². The fourth-order valence-corrected chi connectivity index (χ4v) is 0. The van der Waals surface area contributed by atoms with E-state index in [1.54, 1.807) is 0 Å². The molecule has 0 fully saturated rings. The molecule has 110 valence electrons. The normalized spacial score (nSPS) is 6.71. The van der Waals surface area contributed by atoms with E-state index in [0.29, 0.717) is 19.8 Å². The molecule has 0 heterocycles. The summed E-state index contributed by atoms with van der Waals surface area (Å²) in [5.74, 6) is 0. The molecule has 7 N–H and O–H groups in total. The molecule has 0 saturated carbocycles. The van der Waals surface area contributed by atoms with Crippen molar-refractivity contribution in [1.82, 2.24) is 0 Å². The standard InChI is InChI=1S/3C3H8O.CH4N2O.ClH/c3*1-2-3-4;2-1(3)4;/h3*4H,2-3H2,1H3;(H4,2,3,4);1H. The first kappa shape index (κ1) is 29.9. The third kappa shape index (κ3) is 468. The zero-order valence-electron chi connectivity index (χ0n) is 11.1. The molecule has 0 radical (unpaired) electrons. The highest BCUT2D eigenvalue weighted by atomic mass is 35.5. The molecular weight excluding hydrogens is 248 g/mol. The van der Waals surface area contributed by atoms with Gasteiger partial charge in [-0.1, -0.05) is 20.8 Å². The van der Waals surface area contributed by atoms with Crippen molar-refractivity contribution in [3.8, 4) is 0 Å². The number of halogens is 1. The Morgan fingerprint density at radius 1 is 0.824 bits per heavy atom. The monoisotopic (exact) mass is 276 g/mol. The second-order valence-electron chi connectivity index (χ2n) is 2.57. The molecule has 0 bridgehead atoms. The number of rotatable bonds is 3. The lowest BCUT2D eigenvalue weighted by atomic mass is 10.5. The second-order valence-corrected chi connectivity index (χ2v) is 2.57. The number of aliphatic hydroxyl groups excluding tert-OH is 3. The number of primary amides is 2. The summed E-state index contributed by atoms with van der Waals surface area (Å²) in [4.78, 5) is 9.00. The number of hydrogen-bond donors (Lipinski definition) is 5. The van der Waals surface area contributed by atoms with Crippen molar-refractivity contribution in [3.63, 3.8) is 0 Å². The van der Waals surface area contributed by atoms with Crippen LogP contribution >= 0.6 is 12.4 Å². The van der Waals surface area contributed by atoms with E-state index in [9.17, 15) is 0 Å². The zero-order chi connectivity index (χ0) is 13.8. The lowest BCUT2D eigenvalue weighted by Gasteiger charge is -1.69. The van der Waals surface area contributed by atoms with Gasteiger partial charge in [0.15, 0.2) is 0 Å². The quantitative estimate of drug-likeness (QED) is 0.517. The minimum Gasteiger partial charge on any atom is -0.396 e. The highest BCUT2D eigenvalue weighted by Gasteiger charge is 1.60. The maximum Gasteiger partial charge on any atom is 0.309 e. The fourth-order valence-electron chi connectivity index (χ4n) is 0. The van der Waals surface area contributed by atoms with Gasteiger partial charge in [-0.05, 0) is 19.3 Å². The highest BCUT2D eigenvalue weighted by Crippen LogP contribution is 1.62. The number of carbonyl (C=O) groups excluding carboxylic acids is 1. The summed E-state index contributed by atoms with van der Waals surface area (Å²) in [6.07, 6.45) is 2.62. The lowest BCUT2D eigenvalue weighted by molar-refractivity contribution is 0.256. The van der Waals surface area contributed by atoms with Crippen molar-refractivity contribution in [2.75, 3.05) is 19.8 Å². The largest absolute Gasteiger partial charge is 0.396 e. The minimum absolute atomic E-state index is 0. The molecule has 0 unspecified atom stereocenters. The second kappa shape index (κ2) is 45.2. The van der Waals surface area contributed by atoms with Crippen molar-refractivity contribution in [3.05, 3.63) is 0 Å². The summed E-state index contributed by atoms with van der Waals surface area (Å²) in [5, 5.41) is 23.6. The SMILES string of the molecule is CCCO.CCCO.CCCO.Cl.NC(N)=O. The van der Waals surface area contributed by atoms with Gasteiger partial charge in [0.1, 0.15) is 0 Å². The third-order valence-electron chi connectivity index (χ3n) is 0.671. The molecule has 0 aliphatic carbocycles.